The number of nitrogens with two attached hydrogens (primary N) is 1. The van der Waals surface area contributed by atoms with Gasteiger partial charge in [0.05, 0.1) is 5.69 Å². The largest absolute Gasteiger partial charge is 0.368 e. The summed E-state index contributed by atoms with van der Waals surface area (Å²) < 4.78 is 14.0. The van der Waals surface area contributed by atoms with Crippen molar-refractivity contribution in [3.63, 3.8) is 0 Å². The van der Waals surface area contributed by atoms with Crippen molar-refractivity contribution in [1.82, 2.24) is 0 Å². The zero-order valence-electron chi connectivity index (χ0n) is 10.3. The minimum atomic E-state index is -0.167. The van der Waals surface area contributed by atoms with Gasteiger partial charge in [-0.2, -0.15) is 11.8 Å². The number of halogens is 1. The highest BCUT2D eigenvalue weighted by Gasteiger charge is 2.22. The number of nitrogens with zero attached hydrogens (tertiary/aromatic N) is 1. The van der Waals surface area contributed by atoms with Crippen molar-refractivity contribution in [1.29, 1.82) is 0 Å². The van der Waals surface area contributed by atoms with E-state index in [1.807, 2.05) is 37.9 Å². The molecule has 1 aromatic rings. The zero-order valence-corrected chi connectivity index (χ0v) is 11.1. The van der Waals surface area contributed by atoms with Gasteiger partial charge < -0.3 is 10.6 Å². The van der Waals surface area contributed by atoms with Crippen LogP contribution in [0.3, 0.4) is 0 Å². The fourth-order valence-corrected chi connectivity index (χ4v) is 3.38. The molecule has 1 saturated heterocycles. The van der Waals surface area contributed by atoms with Crippen molar-refractivity contribution >= 4 is 17.4 Å². The molecule has 94 valence electrons. The molecule has 0 aromatic heterocycles. The summed E-state index contributed by atoms with van der Waals surface area (Å²) in [6, 6.07) is 5.65. The molecule has 1 heterocycles. The van der Waals surface area contributed by atoms with Crippen molar-refractivity contribution in [2.24, 2.45) is 5.73 Å². The molecule has 0 bridgehead atoms. The highest BCUT2D eigenvalue weighted by atomic mass is 32.2. The summed E-state index contributed by atoms with van der Waals surface area (Å²) >= 11 is 1.93. The lowest BCUT2D eigenvalue weighted by Crippen LogP contribution is -2.32. The quantitative estimate of drug-likeness (QED) is 0.899. The summed E-state index contributed by atoms with van der Waals surface area (Å²) in [5, 5.41) is 0. The van der Waals surface area contributed by atoms with Crippen LogP contribution in [0.5, 0.6) is 0 Å². The van der Waals surface area contributed by atoms with Crippen LogP contribution in [-0.4, -0.2) is 24.6 Å². The first-order valence-corrected chi connectivity index (χ1v) is 7.10. The summed E-state index contributed by atoms with van der Waals surface area (Å²) in [4.78, 5) is 2.06. The number of benzene rings is 1. The van der Waals surface area contributed by atoms with Gasteiger partial charge in [0.15, 0.2) is 0 Å². The molecule has 0 radical (unpaired) electrons. The van der Waals surface area contributed by atoms with Crippen molar-refractivity contribution in [2.75, 3.05) is 23.5 Å². The summed E-state index contributed by atoms with van der Waals surface area (Å²) in [6.07, 6.45) is 1.13. The average molecular weight is 254 g/mol. The highest BCUT2D eigenvalue weighted by Crippen LogP contribution is 2.28. The molecule has 0 aliphatic carbocycles. The maximum absolute atomic E-state index is 14.0. The van der Waals surface area contributed by atoms with Gasteiger partial charge in [-0.05, 0) is 36.8 Å². The Morgan fingerprint density at radius 1 is 1.53 bits per heavy atom. The van der Waals surface area contributed by atoms with Gasteiger partial charge in [0.1, 0.15) is 5.82 Å². The van der Waals surface area contributed by atoms with Crippen LogP contribution < -0.4 is 10.6 Å². The zero-order chi connectivity index (χ0) is 12.4. The fourth-order valence-electron chi connectivity index (χ4n) is 2.12. The van der Waals surface area contributed by atoms with Gasteiger partial charge in [0.25, 0.3) is 0 Å². The van der Waals surface area contributed by atoms with E-state index in [0.29, 0.717) is 11.7 Å². The minimum Gasteiger partial charge on any atom is -0.368 e. The maximum atomic E-state index is 14.0. The van der Waals surface area contributed by atoms with E-state index in [-0.39, 0.29) is 11.9 Å². The van der Waals surface area contributed by atoms with Gasteiger partial charge >= 0.3 is 0 Å². The Balaban J connectivity index is 2.20. The Morgan fingerprint density at radius 3 is 2.82 bits per heavy atom. The monoisotopic (exact) mass is 254 g/mol. The van der Waals surface area contributed by atoms with E-state index in [9.17, 15) is 4.39 Å². The van der Waals surface area contributed by atoms with E-state index in [1.54, 1.807) is 6.07 Å². The second-order valence-electron chi connectivity index (χ2n) is 4.63. The average Bonchev–Trinajstić information content (AvgIpc) is 2.81. The maximum Gasteiger partial charge on any atom is 0.146 e. The predicted octanol–water partition coefficient (Wildman–Crippen LogP) is 2.79. The fraction of sp³-hybridized carbons (Fsp3) is 0.538. The Kier molecular flexibility index (Phi) is 3.94. The van der Waals surface area contributed by atoms with Crippen LogP contribution in [-0.2, 0) is 0 Å². The van der Waals surface area contributed by atoms with Gasteiger partial charge in [-0.3, -0.25) is 0 Å². The van der Waals surface area contributed by atoms with E-state index >= 15 is 0 Å². The van der Waals surface area contributed by atoms with E-state index < -0.39 is 0 Å². The van der Waals surface area contributed by atoms with Crippen molar-refractivity contribution in [3.05, 3.63) is 29.6 Å². The van der Waals surface area contributed by atoms with Gasteiger partial charge in [-0.25, -0.2) is 4.39 Å². The van der Waals surface area contributed by atoms with Gasteiger partial charge in [-0.15, -0.1) is 0 Å². The number of hydrogen-bond donors (Lipinski definition) is 1. The first-order chi connectivity index (χ1) is 8.09. The van der Waals surface area contributed by atoms with Crippen molar-refractivity contribution in [2.45, 2.75) is 25.4 Å². The topological polar surface area (TPSA) is 29.3 Å². The Hall–Kier alpha value is -0.740. The number of hydrogen-bond acceptors (Lipinski definition) is 3. The highest BCUT2D eigenvalue weighted by molar-refractivity contribution is 7.99. The molecule has 0 amide bonds. The molecule has 2 N–H and O–H groups in total. The number of rotatable bonds is 3. The SMILES string of the molecule is C[C@H](N)c1ccc(N(C)C2CCSC2)c(F)c1. The molecular formula is C13H19FN2S. The summed E-state index contributed by atoms with van der Waals surface area (Å²) in [6.45, 7) is 1.87. The Bertz CT molecular complexity index is 389. The lowest BCUT2D eigenvalue weighted by molar-refractivity contribution is 0.603. The Labute approximate surface area is 106 Å². The molecule has 17 heavy (non-hydrogen) atoms. The second kappa shape index (κ2) is 5.27. The molecule has 2 nitrogen and oxygen atoms in total. The molecule has 0 spiro atoms. The minimum absolute atomic E-state index is 0.120. The lowest BCUT2D eigenvalue weighted by atomic mass is 10.1. The number of anilines is 1. The van der Waals surface area contributed by atoms with Crippen molar-refractivity contribution < 1.29 is 4.39 Å². The molecule has 1 aliphatic heterocycles. The first-order valence-electron chi connectivity index (χ1n) is 5.95. The second-order valence-corrected chi connectivity index (χ2v) is 5.78. The van der Waals surface area contributed by atoms with Crippen LogP contribution in [0.2, 0.25) is 0 Å². The molecule has 1 aromatic carbocycles. The molecule has 1 fully saturated rings. The lowest BCUT2D eigenvalue weighted by Gasteiger charge is -2.26. The van der Waals surface area contributed by atoms with Crippen LogP contribution in [0.1, 0.15) is 24.9 Å². The van der Waals surface area contributed by atoms with E-state index in [2.05, 4.69) is 4.90 Å². The van der Waals surface area contributed by atoms with E-state index in [0.717, 1.165) is 17.7 Å². The molecule has 2 rings (SSSR count). The van der Waals surface area contributed by atoms with Crippen molar-refractivity contribution in [3.8, 4) is 0 Å². The summed E-state index contributed by atoms with van der Waals surface area (Å²) in [5.41, 5.74) is 7.28. The first kappa shape index (κ1) is 12.7. The standard InChI is InChI=1S/C13H19FN2S/c1-9(15)10-3-4-13(12(14)7-10)16(2)11-5-6-17-8-11/h3-4,7,9,11H,5-6,8,15H2,1-2H3/t9-,11?/m0/s1. The number of thioether (sulfide) groups is 1. The van der Waals surface area contributed by atoms with Crippen LogP contribution in [0.25, 0.3) is 0 Å². The van der Waals surface area contributed by atoms with Gasteiger partial charge in [0.2, 0.25) is 0 Å². The molecule has 2 atom stereocenters. The summed E-state index contributed by atoms with van der Waals surface area (Å²) in [7, 11) is 1.97. The molecular weight excluding hydrogens is 235 g/mol. The summed E-state index contributed by atoms with van der Waals surface area (Å²) in [5.74, 6) is 2.10. The molecule has 4 heteroatoms. The molecule has 1 unspecified atom stereocenters. The van der Waals surface area contributed by atoms with Crippen LogP contribution >= 0.6 is 11.8 Å². The Morgan fingerprint density at radius 2 is 2.29 bits per heavy atom. The van der Waals surface area contributed by atoms with Crippen LogP contribution in [0, 0.1) is 5.82 Å². The van der Waals surface area contributed by atoms with E-state index in [1.165, 1.54) is 5.75 Å². The third-order valence-corrected chi connectivity index (χ3v) is 4.48. The van der Waals surface area contributed by atoms with E-state index in [4.69, 9.17) is 5.73 Å². The third kappa shape index (κ3) is 2.75. The van der Waals surface area contributed by atoms with Crippen LogP contribution in [0.15, 0.2) is 18.2 Å². The molecule has 0 saturated carbocycles. The van der Waals surface area contributed by atoms with Crippen LogP contribution in [0.4, 0.5) is 10.1 Å². The van der Waals surface area contributed by atoms with Gasteiger partial charge in [-0.1, -0.05) is 6.07 Å². The van der Waals surface area contributed by atoms with Gasteiger partial charge in [0, 0.05) is 24.9 Å². The third-order valence-electron chi connectivity index (χ3n) is 3.33. The molecule has 1 aliphatic rings. The predicted molar refractivity (Wildman–Crippen MR) is 73.1 cm³/mol. The normalized spacial score (nSPS) is 21.5. The smallest absolute Gasteiger partial charge is 0.146 e.